The van der Waals surface area contributed by atoms with Gasteiger partial charge in [0.2, 0.25) is 0 Å². The molecule has 1 N–H and O–H groups in total. The Morgan fingerprint density at radius 1 is 1.28 bits per heavy atom. The summed E-state index contributed by atoms with van der Waals surface area (Å²) in [5.74, 6) is 0. The Bertz CT molecular complexity index is 395. The molecule has 0 spiro atoms. The molecule has 1 rings (SSSR count). The van der Waals surface area contributed by atoms with E-state index >= 15 is 0 Å². The number of amides is 2. The van der Waals surface area contributed by atoms with E-state index in [1.807, 2.05) is 56.9 Å². The molecule has 1 aromatic rings. The van der Waals surface area contributed by atoms with Gasteiger partial charge in [-0.25, -0.2) is 4.79 Å². The van der Waals surface area contributed by atoms with Crippen molar-refractivity contribution in [1.82, 2.24) is 10.2 Å². The number of benzene rings is 1. The van der Waals surface area contributed by atoms with E-state index in [-0.39, 0.29) is 11.6 Å². The molecular weight excluding hydrogens is 248 g/mol. The van der Waals surface area contributed by atoms with Gasteiger partial charge in [0.1, 0.15) is 0 Å². The predicted octanol–water partition coefficient (Wildman–Crippen LogP) is 3.67. The Labute approximate surface area is 114 Å². The Morgan fingerprint density at radius 2 is 1.83 bits per heavy atom. The van der Waals surface area contributed by atoms with Crippen molar-refractivity contribution in [1.29, 1.82) is 0 Å². The minimum absolute atomic E-state index is 0.0417. The molecule has 0 radical (unpaired) electrons. The van der Waals surface area contributed by atoms with Gasteiger partial charge in [-0.15, -0.1) is 0 Å². The minimum Gasteiger partial charge on any atom is -0.334 e. The number of nitrogens with zero attached hydrogens (tertiary/aromatic N) is 1. The lowest BCUT2D eigenvalue weighted by atomic mass is 10.1. The molecule has 0 aliphatic rings. The molecule has 4 heteroatoms. The number of nitrogens with one attached hydrogen (secondary N) is 1. The highest BCUT2D eigenvalue weighted by Gasteiger charge is 2.24. The van der Waals surface area contributed by atoms with Gasteiger partial charge in [-0.05, 0) is 45.4 Å². The van der Waals surface area contributed by atoms with Gasteiger partial charge in [0.05, 0.1) is 0 Å². The third kappa shape index (κ3) is 4.22. The highest BCUT2D eigenvalue weighted by atomic mass is 35.5. The highest BCUT2D eigenvalue weighted by molar-refractivity contribution is 6.30. The second-order valence-electron chi connectivity index (χ2n) is 5.20. The van der Waals surface area contributed by atoms with Crippen LogP contribution in [-0.2, 0) is 6.54 Å². The van der Waals surface area contributed by atoms with Gasteiger partial charge in [0.25, 0.3) is 0 Å². The predicted molar refractivity (Wildman–Crippen MR) is 75.8 cm³/mol. The topological polar surface area (TPSA) is 32.3 Å². The van der Waals surface area contributed by atoms with Crippen molar-refractivity contribution in [2.24, 2.45) is 0 Å². The molecule has 0 atom stereocenters. The lowest BCUT2D eigenvalue weighted by molar-refractivity contribution is 0.149. The van der Waals surface area contributed by atoms with Crippen LogP contribution in [0.5, 0.6) is 0 Å². The molecule has 1 aromatic carbocycles. The van der Waals surface area contributed by atoms with Crippen LogP contribution in [0.15, 0.2) is 24.3 Å². The van der Waals surface area contributed by atoms with Gasteiger partial charge in [-0.3, -0.25) is 0 Å². The van der Waals surface area contributed by atoms with Crippen molar-refractivity contribution in [2.45, 2.75) is 39.8 Å². The second-order valence-corrected chi connectivity index (χ2v) is 5.64. The zero-order valence-electron chi connectivity index (χ0n) is 11.5. The van der Waals surface area contributed by atoms with Crippen molar-refractivity contribution >= 4 is 17.6 Å². The summed E-state index contributed by atoms with van der Waals surface area (Å²) < 4.78 is 0. The number of carbonyl (C=O) groups excluding carboxylic acids is 1. The maximum atomic E-state index is 12.0. The van der Waals surface area contributed by atoms with Crippen molar-refractivity contribution in [3.8, 4) is 0 Å². The first-order chi connectivity index (χ1) is 8.34. The van der Waals surface area contributed by atoms with E-state index in [0.29, 0.717) is 18.1 Å². The molecule has 2 amide bonds. The molecule has 0 bridgehead atoms. The fraction of sp³-hybridized carbons (Fsp3) is 0.500. The van der Waals surface area contributed by atoms with Crippen molar-refractivity contribution in [3.63, 3.8) is 0 Å². The molecule has 0 aromatic heterocycles. The Morgan fingerprint density at radius 3 is 2.28 bits per heavy atom. The van der Waals surface area contributed by atoms with E-state index in [1.165, 1.54) is 0 Å². The van der Waals surface area contributed by atoms with Crippen LogP contribution >= 0.6 is 11.6 Å². The fourth-order valence-corrected chi connectivity index (χ4v) is 1.92. The summed E-state index contributed by atoms with van der Waals surface area (Å²) in [6.07, 6.45) is 0. The molecule has 100 valence electrons. The maximum absolute atomic E-state index is 12.0. The van der Waals surface area contributed by atoms with E-state index in [9.17, 15) is 4.79 Å². The SMILES string of the molecule is CCN(C(=O)NCc1ccc(Cl)cc1)C(C)(C)C. The van der Waals surface area contributed by atoms with Gasteiger partial charge >= 0.3 is 6.03 Å². The summed E-state index contributed by atoms with van der Waals surface area (Å²) in [5.41, 5.74) is 0.872. The summed E-state index contributed by atoms with van der Waals surface area (Å²) in [4.78, 5) is 13.9. The van der Waals surface area contributed by atoms with Crippen LogP contribution in [0.25, 0.3) is 0 Å². The lowest BCUT2D eigenvalue weighted by Gasteiger charge is -2.34. The van der Waals surface area contributed by atoms with E-state index in [4.69, 9.17) is 11.6 Å². The summed E-state index contributed by atoms with van der Waals surface area (Å²) in [7, 11) is 0. The molecule has 0 unspecified atom stereocenters. The molecular formula is C14H21ClN2O. The van der Waals surface area contributed by atoms with Crippen LogP contribution in [0.3, 0.4) is 0 Å². The summed E-state index contributed by atoms with van der Waals surface area (Å²) in [6.45, 7) is 9.26. The zero-order chi connectivity index (χ0) is 13.8. The van der Waals surface area contributed by atoms with Gasteiger partial charge in [-0.2, -0.15) is 0 Å². The van der Waals surface area contributed by atoms with E-state index in [1.54, 1.807) is 0 Å². The smallest absolute Gasteiger partial charge is 0.318 e. The van der Waals surface area contributed by atoms with Gasteiger partial charge in [0.15, 0.2) is 0 Å². The van der Waals surface area contributed by atoms with Crippen LogP contribution in [0.2, 0.25) is 5.02 Å². The van der Waals surface area contributed by atoms with Crippen molar-refractivity contribution in [2.75, 3.05) is 6.54 Å². The standard InChI is InChI=1S/C14H21ClN2O/c1-5-17(14(2,3)4)13(18)16-10-11-6-8-12(15)9-7-11/h6-9H,5,10H2,1-4H3,(H,16,18). The number of urea groups is 1. The molecule has 0 heterocycles. The number of rotatable bonds is 3. The van der Waals surface area contributed by atoms with Crippen LogP contribution in [0.4, 0.5) is 4.79 Å². The van der Waals surface area contributed by atoms with Crippen molar-refractivity contribution in [3.05, 3.63) is 34.9 Å². The average molecular weight is 269 g/mol. The molecule has 0 saturated carbocycles. The Balaban J connectivity index is 2.57. The second kappa shape index (κ2) is 6.10. The summed E-state index contributed by atoms with van der Waals surface area (Å²) in [5, 5.41) is 3.62. The first kappa shape index (κ1) is 14.8. The third-order valence-corrected chi connectivity index (χ3v) is 2.98. The maximum Gasteiger partial charge on any atom is 0.318 e. The number of halogens is 1. The van der Waals surface area contributed by atoms with Gasteiger partial charge in [-0.1, -0.05) is 23.7 Å². The fourth-order valence-electron chi connectivity index (χ4n) is 1.80. The van der Waals surface area contributed by atoms with Crippen LogP contribution in [0, 0.1) is 0 Å². The van der Waals surface area contributed by atoms with E-state index in [2.05, 4.69) is 5.32 Å². The summed E-state index contributed by atoms with van der Waals surface area (Å²) in [6, 6.07) is 7.43. The third-order valence-electron chi connectivity index (χ3n) is 2.73. The van der Waals surface area contributed by atoms with Crippen LogP contribution < -0.4 is 5.32 Å². The van der Waals surface area contributed by atoms with Crippen LogP contribution in [-0.4, -0.2) is 23.0 Å². The summed E-state index contributed by atoms with van der Waals surface area (Å²) >= 11 is 5.81. The largest absolute Gasteiger partial charge is 0.334 e. The van der Waals surface area contributed by atoms with Gasteiger partial charge in [0, 0.05) is 23.7 Å². The quantitative estimate of drug-likeness (QED) is 0.891. The highest BCUT2D eigenvalue weighted by Crippen LogP contribution is 2.13. The zero-order valence-corrected chi connectivity index (χ0v) is 12.2. The first-order valence-corrected chi connectivity index (χ1v) is 6.52. The molecule has 0 fully saturated rings. The number of hydrogen-bond acceptors (Lipinski definition) is 1. The van der Waals surface area contributed by atoms with Crippen LogP contribution in [0.1, 0.15) is 33.3 Å². The van der Waals surface area contributed by atoms with E-state index < -0.39 is 0 Å². The Kier molecular flexibility index (Phi) is 5.03. The lowest BCUT2D eigenvalue weighted by Crippen LogP contribution is -2.49. The minimum atomic E-state index is -0.168. The van der Waals surface area contributed by atoms with E-state index in [0.717, 1.165) is 5.56 Å². The first-order valence-electron chi connectivity index (χ1n) is 6.14. The molecule has 0 aliphatic carbocycles. The molecule has 0 saturated heterocycles. The molecule has 3 nitrogen and oxygen atoms in total. The molecule has 18 heavy (non-hydrogen) atoms. The average Bonchev–Trinajstić information content (AvgIpc) is 2.27. The monoisotopic (exact) mass is 268 g/mol. The molecule has 0 aliphatic heterocycles. The number of carbonyl (C=O) groups is 1. The van der Waals surface area contributed by atoms with Crippen molar-refractivity contribution < 1.29 is 4.79 Å². The normalized spacial score (nSPS) is 11.2. The van der Waals surface area contributed by atoms with Gasteiger partial charge < -0.3 is 10.2 Å². The number of hydrogen-bond donors (Lipinski definition) is 1. The Hall–Kier alpha value is -1.22.